The van der Waals surface area contributed by atoms with Crippen molar-refractivity contribution in [1.82, 2.24) is 0 Å². The second-order valence-corrected chi connectivity index (χ2v) is 8.12. The van der Waals surface area contributed by atoms with Crippen LogP contribution in [0.1, 0.15) is 76.0 Å². The van der Waals surface area contributed by atoms with Gasteiger partial charge in [-0.2, -0.15) is 0 Å². The standard InChI is InChI=1S/C28H37NO3/c1-4-6-7-8-9-10-11-24-12-14-26(15-13-24)22-29(23(3)30)27-19-16-25(17-20-27)18-21-28(31)32-5-2/h12-21H,4-11,22H2,1-3H3/b21-18+. The van der Waals surface area contributed by atoms with E-state index in [4.69, 9.17) is 4.74 Å². The number of amides is 1. The number of hydrogen-bond acceptors (Lipinski definition) is 3. The Hall–Kier alpha value is -2.88. The summed E-state index contributed by atoms with van der Waals surface area (Å²) in [5.74, 6) is -0.363. The van der Waals surface area contributed by atoms with Crippen LogP contribution in [0.5, 0.6) is 0 Å². The molecule has 4 nitrogen and oxygen atoms in total. The summed E-state index contributed by atoms with van der Waals surface area (Å²) < 4.78 is 4.89. The third kappa shape index (κ3) is 9.09. The van der Waals surface area contributed by atoms with E-state index in [-0.39, 0.29) is 11.9 Å². The van der Waals surface area contributed by atoms with Gasteiger partial charge in [0, 0.05) is 18.7 Å². The highest BCUT2D eigenvalue weighted by Crippen LogP contribution is 2.20. The second-order valence-electron chi connectivity index (χ2n) is 8.12. The molecule has 0 saturated carbocycles. The Morgan fingerprint density at radius 1 is 0.844 bits per heavy atom. The molecule has 0 aliphatic heterocycles. The zero-order valence-electron chi connectivity index (χ0n) is 19.8. The van der Waals surface area contributed by atoms with E-state index >= 15 is 0 Å². The molecule has 0 fully saturated rings. The van der Waals surface area contributed by atoms with Gasteiger partial charge in [0.05, 0.1) is 13.2 Å². The zero-order valence-corrected chi connectivity index (χ0v) is 19.8. The van der Waals surface area contributed by atoms with Gasteiger partial charge in [-0.25, -0.2) is 4.79 Å². The molecule has 0 aliphatic rings. The first-order valence-electron chi connectivity index (χ1n) is 11.8. The predicted octanol–water partition coefficient (Wildman–Crippen LogP) is 6.72. The molecule has 2 rings (SSSR count). The lowest BCUT2D eigenvalue weighted by molar-refractivity contribution is -0.137. The highest BCUT2D eigenvalue weighted by atomic mass is 16.5. The zero-order chi connectivity index (χ0) is 23.2. The SMILES string of the molecule is CCCCCCCCc1ccc(CN(C(C)=O)c2ccc(/C=C/C(=O)OCC)cc2)cc1. The fourth-order valence-electron chi connectivity index (χ4n) is 3.61. The van der Waals surface area contributed by atoms with Crippen LogP contribution in [0.15, 0.2) is 54.6 Å². The molecule has 172 valence electrons. The van der Waals surface area contributed by atoms with Gasteiger partial charge in [0.15, 0.2) is 0 Å². The second kappa shape index (κ2) is 14.2. The van der Waals surface area contributed by atoms with E-state index in [9.17, 15) is 9.59 Å². The van der Waals surface area contributed by atoms with Crippen molar-refractivity contribution in [3.8, 4) is 0 Å². The monoisotopic (exact) mass is 435 g/mol. The highest BCUT2D eigenvalue weighted by molar-refractivity contribution is 5.91. The number of unbranched alkanes of at least 4 members (excludes halogenated alkanes) is 5. The quantitative estimate of drug-likeness (QED) is 0.199. The molecular weight excluding hydrogens is 398 g/mol. The molecule has 0 aliphatic carbocycles. The maximum atomic E-state index is 12.3. The summed E-state index contributed by atoms with van der Waals surface area (Å²) in [7, 11) is 0. The minimum Gasteiger partial charge on any atom is -0.463 e. The molecule has 1 amide bonds. The molecule has 0 unspecified atom stereocenters. The van der Waals surface area contributed by atoms with E-state index in [0.29, 0.717) is 13.2 Å². The molecule has 0 N–H and O–H groups in total. The number of rotatable bonds is 13. The van der Waals surface area contributed by atoms with Gasteiger partial charge in [0.2, 0.25) is 5.91 Å². The summed E-state index contributed by atoms with van der Waals surface area (Å²) in [6.45, 7) is 6.50. The van der Waals surface area contributed by atoms with Crippen LogP contribution in [0.4, 0.5) is 5.69 Å². The van der Waals surface area contributed by atoms with Crippen LogP contribution in [0.2, 0.25) is 0 Å². The topological polar surface area (TPSA) is 46.6 Å². The summed E-state index contributed by atoms with van der Waals surface area (Å²) in [4.78, 5) is 25.5. The number of carbonyl (C=O) groups is 2. The number of carbonyl (C=O) groups excluding carboxylic acids is 2. The van der Waals surface area contributed by atoms with Gasteiger partial charge in [-0.05, 0) is 54.7 Å². The number of ether oxygens (including phenoxy) is 1. The van der Waals surface area contributed by atoms with E-state index in [1.54, 1.807) is 24.8 Å². The molecule has 0 saturated heterocycles. The van der Waals surface area contributed by atoms with Gasteiger partial charge in [-0.15, -0.1) is 0 Å². The van der Waals surface area contributed by atoms with Gasteiger partial charge in [-0.1, -0.05) is 75.4 Å². The lowest BCUT2D eigenvalue weighted by atomic mass is 10.0. The molecule has 0 aromatic heterocycles. The van der Waals surface area contributed by atoms with Crippen LogP contribution < -0.4 is 4.90 Å². The predicted molar refractivity (Wildman–Crippen MR) is 132 cm³/mol. The maximum absolute atomic E-state index is 12.3. The molecule has 0 heterocycles. The smallest absolute Gasteiger partial charge is 0.330 e. The van der Waals surface area contributed by atoms with E-state index in [1.165, 1.54) is 50.2 Å². The fraction of sp³-hybridized carbons (Fsp3) is 0.429. The average molecular weight is 436 g/mol. The van der Waals surface area contributed by atoms with Crippen molar-refractivity contribution in [1.29, 1.82) is 0 Å². The van der Waals surface area contributed by atoms with Crippen molar-refractivity contribution in [3.05, 3.63) is 71.3 Å². The third-order valence-corrected chi connectivity index (χ3v) is 5.47. The van der Waals surface area contributed by atoms with Crippen LogP contribution in [0.25, 0.3) is 6.08 Å². The summed E-state index contributed by atoms with van der Waals surface area (Å²) in [6, 6.07) is 16.2. The van der Waals surface area contributed by atoms with Crippen molar-refractivity contribution >= 4 is 23.6 Å². The van der Waals surface area contributed by atoms with Crippen LogP contribution in [0, 0.1) is 0 Å². The van der Waals surface area contributed by atoms with E-state index in [1.807, 2.05) is 24.3 Å². The lowest BCUT2D eigenvalue weighted by Crippen LogP contribution is -2.27. The third-order valence-electron chi connectivity index (χ3n) is 5.47. The molecule has 0 radical (unpaired) electrons. The van der Waals surface area contributed by atoms with E-state index in [0.717, 1.165) is 23.2 Å². The van der Waals surface area contributed by atoms with Crippen molar-refractivity contribution < 1.29 is 14.3 Å². The number of benzene rings is 2. The van der Waals surface area contributed by atoms with Gasteiger partial charge in [-0.3, -0.25) is 4.79 Å². The Labute approximate surface area is 193 Å². The first kappa shape index (κ1) is 25.4. The van der Waals surface area contributed by atoms with Crippen LogP contribution in [-0.2, 0) is 27.3 Å². The van der Waals surface area contributed by atoms with Crippen LogP contribution >= 0.6 is 0 Å². The normalized spacial score (nSPS) is 11.0. The Bertz CT molecular complexity index is 853. The Morgan fingerprint density at radius 3 is 2.09 bits per heavy atom. The Kier molecular flexibility index (Phi) is 11.3. The first-order valence-corrected chi connectivity index (χ1v) is 11.8. The number of hydrogen-bond donors (Lipinski definition) is 0. The summed E-state index contributed by atoms with van der Waals surface area (Å²) >= 11 is 0. The van der Waals surface area contributed by atoms with Crippen LogP contribution in [0.3, 0.4) is 0 Å². The largest absolute Gasteiger partial charge is 0.463 e. The fourth-order valence-corrected chi connectivity index (χ4v) is 3.61. The number of aryl methyl sites for hydroxylation is 1. The van der Waals surface area contributed by atoms with Gasteiger partial charge in [0.25, 0.3) is 0 Å². The number of anilines is 1. The van der Waals surface area contributed by atoms with Crippen molar-refractivity contribution in [2.24, 2.45) is 0 Å². The first-order chi connectivity index (χ1) is 15.5. The molecular formula is C28H37NO3. The molecule has 0 atom stereocenters. The average Bonchev–Trinajstić information content (AvgIpc) is 2.80. The minimum absolute atomic E-state index is 0.00373. The van der Waals surface area contributed by atoms with E-state index < -0.39 is 0 Å². The molecule has 0 spiro atoms. The van der Waals surface area contributed by atoms with Crippen molar-refractivity contribution in [2.45, 2.75) is 72.3 Å². The number of esters is 1. The number of nitrogens with zero attached hydrogens (tertiary/aromatic N) is 1. The molecule has 2 aromatic carbocycles. The van der Waals surface area contributed by atoms with Crippen molar-refractivity contribution in [2.75, 3.05) is 11.5 Å². The lowest BCUT2D eigenvalue weighted by Gasteiger charge is -2.21. The van der Waals surface area contributed by atoms with Gasteiger partial charge >= 0.3 is 5.97 Å². The van der Waals surface area contributed by atoms with Gasteiger partial charge < -0.3 is 9.64 Å². The van der Waals surface area contributed by atoms with Crippen molar-refractivity contribution in [3.63, 3.8) is 0 Å². The molecule has 32 heavy (non-hydrogen) atoms. The Balaban J connectivity index is 1.92. The van der Waals surface area contributed by atoms with Crippen LogP contribution in [-0.4, -0.2) is 18.5 Å². The Morgan fingerprint density at radius 2 is 1.47 bits per heavy atom. The summed E-state index contributed by atoms with van der Waals surface area (Å²) in [5, 5.41) is 0. The summed E-state index contributed by atoms with van der Waals surface area (Å²) in [5.41, 5.74) is 4.18. The maximum Gasteiger partial charge on any atom is 0.330 e. The molecule has 2 aromatic rings. The molecule has 0 bridgehead atoms. The minimum atomic E-state index is -0.359. The molecule has 4 heteroatoms. The van der Waals surface area contributed by atoms with Gasteiger partial charge in [0.1, 0.15) is 0 Å². The van der Waals surface area contributed by atoms with E-state index in [2.05, 4.69) is 31.2 Å². The highest BCUT2D eigenvalue weighted by Gasteiger charge is 2.12. The summed E-state index contributed by atoms with van der Waals surface area (Å²) in [6.07, 6.45) is 12.1.